The summed E-state index contributed by atoms with van der Waals surface area (Å²) in [6, 6.07) is 1.98. The van der Waals surface area contributed by atoms with Crippen LogP contribution in [0.25, 0.3) is 21.7 Å². The predicted molar refractivity (Wildman–Crippen MR) is 112 cm³/mol. The van der Waals surface area contributed by atoms with E-state index in [9.17, 15) is 9.59 Å². The van der Waals surface area contributed by atoms with Gasteiger partial charge in [0.15, 0.2) is 11.4 Å². The van der Waals surface area contributed by atoms with Gasteiger partial charge in [0.25, 0.3) is 5.91 Å². The Balaban J connectivity index is 1.59. The first-order valence-electron chi connectivity index (χ1n) is 9.69. The number of fused-ring (bicyclic) bond motifs is 1. The number of nitrogens with zero attached hydrogens (tertiary/aromatic N) is 2. The SMILES string of the molecule is CC(C)(C)C(=O)c1c[nH]c2ncc(-c3cc(C(=O)NC4CCOCC4)cs3)nc12. The Labute approximate surface area is 172 Å². The number of aromatic nitrogens is 3. The van der Waals surface area contributed by atoms with Crippen LogP contribution >= 0.6 is 11.3 Å². The first-order valence-corrected chi connectivity index (χ1v) is 10.6. The number of nitrogens with one attached hydrogen (secondary N) is 2. The van der Waals surface area contributed by atoms with Crippen LogP contribution < -0.4 is 5.32 Å². The van der Waals surface area contributed by atoms with Crippen LogP contribution in [0.3, 0.4) is 0 Å². The zero-order valence-corrected chi connectivity index (χ0v) is 17.6. The topological polar surface area (TPSA) is 97.0 Å². The summed E-state index contributed by atoms with van der Waals surface area (Å²) >= 11 is 1.44. The molecule has 3 aromatic heterocycles. The normalized spacial score (nSPS) is 15.6. The van der Waals surface area contributed by atoms with Crippen LogP contribution in [0.5, 0.6) is 0 Å². The number of aromatic amines is 1. The number of Topliss-reactive ketones (excluding diaryl/α,β-unsaturated/α-hetero) is 1. The standard InChI is InChI=1S/C21H24N4O3S/c1-21(2,3)18(26)14-9-22-19-17(14)25-15(10-23-19)16-8-12(11-29-16)20(27)24-13-4-6-28-7-5-13/h8-11,13H,4-7H2,1-3H3,(H,22,23)(H,24,27). The van der Waals surface area contributed by atoms with E-state index in [2.05, 4.69) is 20.3 Å². The molecule has 1 aliphatic heterocycles. The summed E-state index contributed by atoms with van der Waals surface area (Å²) in [5, 5.41) is 4.90. The molecule has 2 N–H and O–H groups in total. The molecule has 7 nitrogen and oxygen atoms in total. The van der Waals surface area contributed by atoms with Gasteiger partial charge in [0.2, 0.25) is 0 Å². The summed E-state index contributed by atoms with van der Waals surface area (Å²) < 4.78 is 5.33. The van der Waals surface area contributed by atoms with Crippen molar-refractivity contribution in [3.8, 4) is 10.6 Å². The smallest absolute Gasteiger partial charge is 0.252 e. The Morgan fingerprint density at radius 2 is 2.03 bits per heavy atom. The quantitative estimate of drug-likeness (QED) is 0.635. The van der Waals surface area contributed by atoms with Gasteiger partial charge in [-0.25, -0.2) is 9.97 Å². The Hall–Kier alpha value is -2.58. The minimum atomic E-state index is -0.509. The van der Waals surface area contributed by atoms with E-state index >= 15 is 0 Å². The number of amides is 1. The average Bonchev–Trinajstić information content (AvgIpc) is 3.34. The Morgan fingerprint density at radius 3 is 2.76 bits per heavy atom. The lowest BCUT2D eigenvalue weighted by Gasteiger charge is -2.22. The van der Waals surface area contributed by atoms with Gasteiger partial charge in [-0.2, -0.15) is 0 Å². The van der Waals surface area contributed by atoms with Crippen molar-refractivity contribution in [3.63, 3.8) is 0 Å². The van der Waals surface area contributed by atoms with Crippen LogP contribution in [-0.4, -0.2) is 45.9 Å². The van der Waals surface area contributed by atoms with E-state index in [-0.39, 0.29) is 17.7 Å². The first-order chi connectivity index (χ1) is 13.8. The summed E-state index contributed by atoms with van der Waals surface area (Å²) in [6.45, 7) is 7.01. The summed E-state index contributed by atoms with van der Waals surface area (Å²) in [4.78, 5) is 38.2. The molecule has 0 bridgehead atoms. The van der Waals surface area contributed by atoms with E-state index in [0.29, 0.717) is 41.2 Å². The molecule has 0 aromatic carbocycles. The maximum absolute atomic E-state index is 12.7. The fourth-order valence-corrected chi connectivity index (χ4v) is 4.13. The fourth-order valence-electron chi connectivity index (χ4n) is 3.29. The Morgan fingerprint density at radius 1 is 1.28 bits per heavy atom. The van der Waals surface area contributed by atoms with Crippen molar-refractivity contribution >= 4 is 34.2 Å². The molecule has 1 amide bonds. The highest BCUT2D eigenvalue weighted by molar-refractivity contribution is 7.13. The van der Waals surface area contributed by atoms with Gasteiger partial charge in [0.1, 0.15) is 5.52 Å². The predicted octanol–water partition coefficient (Wildman–Crippen LogP) is 3.82. The van der Waals surface area contributed by atoms with Crippen LogP contribution in [0.4, 0.5) is 0 Å². The third kappa shape index (κ3) is 4.09. The molecule has 4 heterocycles. The molecule has 0 atom stereocenters. The van der Waals surface area contributed by atoms with Crippen LogP contribution in [0.1, 0.15) is 54.3 Å². The molecular weight excluding hydrogens is 388 g/mol. The minimum Gasteiger partial charge on any atom is -0.381 e. The number of hydrogen-bond acceptors (Lipinski definition) is 6. The maximum atomic E-state index is 12.7. The number of H-pyrrole nitrogens is 1. The highest BCUT2D eigenvalue weighted by atomic mass is 32.1. The second kappa shape index (κ2) is 7.68. The summed E-state index contributed by atoms with van der Waals surface area (Å²) in [7, 11) is 0. The zero-order valence-electron chi connectivity index (χ0n) is 16.7. The van der Waals surface area contributed by atoms with Crippen molar-refractivity contribution in [2.45, 2.75) is 39.7 Å². The van der Waals surface area contributed by atoms with E-state index in [4.69, 9.17) is 4.74 Å². The molecule has 0 radical (unpaired) electrons. The molecule has 0 saturated carbocycles. The molecule has 3 aromatic rings. The van der Waals surface area contributed by atoms with Crippen molar-refractivity contribution in [2.24, 2.45) is 5.41 Å². The second-order valence-electron chi connectivity index (χ2n) is 8.29. The minimum absolute atomic E-state index is 0.0120. The van der Waals surface area contributed by atoms with Crippen molar-refractivity contribution < 1.29 is 14.3 Å². The van der Waals surface area contributed by atoms with Gasteiger partial charge in [0, 0.05) is 36.2 Å². The monoisotopic (exact) mass is 412 g/mol. The van der Waals surface area contributed by atoms with Crippen LogP contribution in [0, 0.1) is 5.41 Å². The second-order valence-corrected chi connectivity index (χ2v) is 9.20. The van der Waals surface area contributed by atoms with E-state index in [1.54, 1.807) is 12.4 Å². The van der Waals surface area contributed by atoms with Gasteiger partial charge >= 0.3 is 0 Å². The van der Waals surface area contributed by atoms with Crippen molar-refractivity contribution in [1.29, 1.82) is 0 Å². The third-order valence-electron chi connectivity index (χ3n) is 4.98. The molecule has 1 aliphatic rings. The highest BCUT2D eigenvalue weighted by Gasteiger charge is 2.26. The van der Waals surface area contributed by atoms with E-state index in [1.165, 1.54) is 11.3 Å². The van der Waals surface area contributed by atoms with Gasteiger partial charge in [-0.15, -0.1) is 11.3 Å². The molecule has 29 heavy (non-hydrogen) atoms. The summed E-state index contributed by atoms with van der Waals surface area (Å²) in [6.07, 6.45) is 5.01. The zero-order chi connectivity index (χ0) is 20.6. The first kappa shape index (κ1) is 19.7. The molecule has 152 valence electrons. The molecule has 0 spiro atoms. The number of hydrogen-bond donors (Lipinski definition) is 2. The van der Waals surface area contributed by atoms with Gasteiger partial charge in [0.05, 0.1) is 27.9 Å². The lowest BCUT2D eigenvalue weighted by Crippen LogP contribution is -2.38. The van der Waals surface area contributed by atoms with Crippen molar-refractivity contribution in [2.75, 3.05) is 13.2 Å². The average molecular weight is 413 g/mol. The van der Waals surface area contributed by atoms with Gasteiger partial charge in [-0.1, -0.05) is 20.8 Å². The summed E-state index contributed by atoms with van der Waals surface area (Å²) in [5.41, 5.74) is 2.43. The molecule has 1 fully saturated rings. The number of ether oxygens (including phenoxy) is 1. The van der Waals surface area contributed by atoms with Gasteiger partial charge < -0.3 is 15.0 Å². The van der Waals surface area contributed by atoms with E-state index in [0.717, 1.165) is 17.7 Å². The maximum Gasteiger partial charge on any atom is 0.252 e. The van der Waals surface area contributed by atoms with Crippen molar-refractivity contribution in [1.82, 2.24) is 20.3 Å². The molecule has 0 unspecified atom stereocenters. The number of rotatable bonds is 4. The van der Waals surface area contributed by atoms with Gasteiger partial charge in [-0.05, 0) is 18.9 Å². The molecule has 8 heteroatoms. The molecular formula is C21H24N4O3S. The number of carbonyl (C=O) groups excluding carboxylic acids is 2. The lowest BCUT2D eigenvalue weighted by molar-refractivity contribution is 0.0696. The number of carbonyl (C=O) groups is 2. The van der Waals surface area contributed by atoms with Crippen LogP contribution in [0.2, 0.25) is 0 Å². The molecule has 0 aliphatic carbocycles. The molecule has 4 rings (SSSR count). The largest absolute Gasteiger partial charge is 0.381 e. The highest BCUT2D eigenvalue weighted by Crippen LogP contribution is 2.29. The van der Waals surface area contributed by atoms with Crippen molar-refractivity contribution in [3.05, 3.63) is 35.0 Å². The molecule has 1 saturated heterocycles. The van der Waals surface area contributed by atoms with Gasteiger partial charge in [-0.3, -0.25) is 9.59 Å². The van der Waals surface area contributed by atoms with Crippen LogP contribution in [0.15, 0.2) is 23.8 Å². The summed E-state index contributed by atoms with van der Waals surface area (Å²) in [5.74, 6) is -0.0726. The number of thiophene rings is 1. The fraction of sp³-hybridized carbons (Fsp3) is 0.429. The Bertz CT molecular complexity index is 1060. The Kier molecular flexibility index (Phi) is 5.23. The number of ketones is 1. The van der Waals surface area contributed by atoms with Crippen LogP contribution in [-0.2, 0) is 4.74 Å². The lowest BCUT2D eigenvalue weighted by atomic mass is 9.87. The van der Waals surface area contributed by atoms with E-state index in [1.807, 2.05) is 32.2 Å². The van der Waals surface area contributed by atoms with E-state index < -0.39 is 5.41 Å². The third-order valence-corrected chi connectivity index (χ3v) is 5.93.